The highest BCUT2D eigenvalue weighted by Gasteiger charge is 2.10. The number of benzene rings is 1. The fourth-order valence-electron chi connectivity index (χ4n) is 1.18. The molecule has 0 amide bonds. The molecule has 0 aliphatic heterocycles. The SMILES string of the molecule is NOCc1nc(-c2cc(F)cc(Br)c2)no1. The summed E-state index contributed by atoms with van der Waals surface area (Å²) < 4.78 is 18.5. The summed E-state index contributed by atoms with van der Waals surface area (Å²) in [6, 6.07) is 4.33. The van der Waals surface area contributed by atoms with Crippen LogP contribution in [0.15, 0.2) is 27.2 Å². The van der Waals surface area contributed by atoms with Crippen molar-refractivity contribution < 1.29 is 13.8 Å². The first-order valence-corrected chi connectivity index (χ1v) is 5.09. The van der Waals surface area contributed by atoms with Crippen molar-refractivity contribution >= 4 is 15.9 Å². The molecule has 0 spiro atoms. The predicted molar refractivity (Wildman–Crippen MR) is 56.4 cm³/mol. The van der Waals surface area contributed by atoms with Crippen LogP contribution in [0.2, 0.25) is 0 Å². The number of halogens is 2. The van der Waals surface area contributed by atoms with Gasteiger partial charge in [0.25, 0.3) is 5.89 Å². The highest BCUT2D eigenvalue weighted by Crippen LogP contribution is 2.22. The number of nitrogens with two attached hydrogens (primary N) is 1. The average Bonchev–Trinajstić information content (AvgIpc) is 2.65. The van der Waals surface area contributed by atoms with Crippen molar-refractivity contribution in [1.29, 1.82) is 0 Å². The summed E-state index contributed by atoms with van der Waals surface area (Å²) in [4.78, 5) is 8.33. The fourth-order valence-corrected chi connectivity index (χ4v) is 1.65. The highest BCUT2D eigenvalue weighted by molar-refractivity contribution is 9.10. The Balaban J connectivity index is 2.34. The molecule has 2 aromatic rings. The molecule has 1 heterocycles. The Kier molecular flexibility index (Phi) is 3.28. The molecule has 0 aliphatic carbocycles. The number of aromatic nitrogens is 2. The maximum Gasteiger partial charge on any atom is 0.255 e. The van der Waals surface area contributed by atoms with E-state index in [1.54, 1.807) is 6.07 Å². The molecule has 0 saturated heterocycles. The number of rotatable bonds is 3. The normalized spacial score (nSPS) is 10.7. The molecular weight excluding hydrogens is 281 g/mol. The van der Waals surface area contributed by atoms with E-state index in [-0.39, 0.29) is 24.1 Å². The zero-order valence-electron chi connectivity index (χ0n) is 7.98. The van der Waals surface area contributed by atoms with E-state index in [0.29, 0.717) is 10.0 Å². The average molecular weight is 288 g/mol. The van der Waals surface area contributed by atoms with Gasteiger partial charge in [0, 0.05) is 10.0 Å². The standard InChI is InChI=1S/C9H7BrFN3O2/c10-6-1-5(2-7(11)3-6)9-13-8(4-15-12)16-14-9/h1-3H,4,12H2. The van der Waals surface area contributed by atoms with Gasteiger partial charge in [0.05, 0.1) is 0 Å². The summed E-state index contributed by atoms with van der Waals surface area (Å²) in [5, 5.41) is 3.68. The van der Waals surface area contributed by atoms with Crippen molar-refractivity contribution in [3.63, 3.8) is 0 Å². The molecule has 0 atom stereocenters. The predicted octanol–water partition coefficient (Wildman–Crippen LogP) is 2.03. The van der Waals surface area contributed by atoms with Crippen molar-refractivity contribution in [2.75, 3.05) is 0 Å². The van der Waals surface area contributed by atoms with Crippen LogP contribution < -0.4 is 5.90 Å². The lowest BCUT2D eigenvalue weighted by Crippen LogP contribution is -1.98. The van der Waals surface area contributed by atoms with E-state index >= 15 is 0 Å². The fraction of sp³-hybridized carbons (Fsp3) is 0.111. The maximum atomic E-state index is 13.1. The first-order valence-electron chi connectivity index (χ1n) is 4.30. The summed E-state index contributed by atoms with van der Waals surface area (Å²) in [6.07, 6.45) is 0. The van der Waals surface area contributed by atoms with Crippen LogP contribution in [0.5, 0.6) is 0 Å². The third kappa shape index (κ3) is 2.43. The zero-order chi connectivity index (χ0) is 11.5. The quantitative estimate of drug-likeness (QED) is 0.875. The van der Waals surface area contributed by atoms with Gasteiger partial charge in [-0.1, -0.05) is 21.1 Å². The lowest BCUT2D eigenvalue weighted by atomic mass is 10.2. The Morgan fingerprint density at radius 3 is 2.94 bits per heavy atom. The summed E-state index contributed by atoms with van der Waals surface area (Å²) >= 11 is 3.18. The van der Waals surface area contributed by atoms with E-state index in [9.17, 15) is 4.39 Å². The van der Waals surface area contributed by atoms with E-state index in [2.05, 4.69) is 30.9 Å². The van der Waals surface area contributed by atoms with Crippen LogP contribution in [-0.4, -0.2) is 10.1 Å². The summed E-state index contributed by atoms with van der Waals surface area (Å²) in [7, 11) is 0. The van der Waals surface area contributed by atoms with Gasteiger partial charge in [-0.25, -0.2) is 10.3 Å². The van der Waals surface area contributed by atoms with Gasteiger partial charge in [0.1, 0.15) is 12.4 Å². The third-order valence-electron chi connectivity index (χ3n) is 1.80. The van der Waals surface area contributed by atoms with Gasteiger partial charge in [0.2, 0.25) is 5.82 Å². The second kappa shape index (κ2) is 4.69. The second-order valence-electron chi connectivity index (χ2n) is 2.98. The number of nitrogens with zero attached hydrogens (tertiary/aromatic N) is 2. The molecule has 1 aromatic carbocycles. The first kappa shape index (κ1) is 11.2. The summed E-state index contributed by atoms with van der Waals surface area (Å²) in [6.45, 7) is 0.0173. The van der Waals surface area contributed by atoms with Crippen LogP contribution in [0.25, 0.3) is 11.4 Å². The van der Waals surface area contributed by atoms with Gasteiger partial charge in [0.15, 0.2) is 0 Å². The van der Waals surface area contributed by atoms with Crippen LogP contribution in [0.4, 0.5) is 4.39 Å². The Bertz CT molecular complexity index is 483. The van der Waals surface area contributed by atoms with Crippen LogP contribution in [-0.2, 0) is 11.4 Å². The molecule has 16 heavy (non-hydrogen) atoms. The van der Waals surface area contributed by atoms with Gasteiger partial charge >= 0.3 is 0 Å². The monoisotopic (exact) mass is 287 g/mol. The molecule has 2 N–H and O–H groups in total. The molecule has 0 radical (unpaired) electrons. The number of hydrogen-bond donors (Lipinski definition) is 1. The highest BCUT2D eigenvalue weighted by atomic mass is 79.9. The Morgan fingerprint density at radius 1 is 1.44 bits per heavy atom. The summed E-state index contributed by atoms with van der Waals surface area (Å²) in [5.41, 5.74) is 0.513. The van der Waals surface area contributed by atoms with E-state index in [1.807, 2.05) is 0 Å². The second-order valence-corrected chi connectivity index (χ2v) is 3.90. The lowest BCUT2D eigenvalue weighted by Gasteiger charge is -1.96. The molecule has 84 valence electrons. The van der Waals surface area contributed by atoms with Crippen molar-refractivity contribution in [1.82, 2.24) is 10.1 Å². The zero-order valence-corrected chi connectivity index (χ0v) is 9.57. The molecule has 0 saturated carbocycles. The van der Waals surface area contributed by atoms with Gasteiger partial charge in [-0.15, -0.1) is 0 Å². The maximum absolute atomic E-state index is 13.1. The molecule has 1 aromatic heterocycles. The van der Waals surface area contributed by atoms with Crippen LogP contribution >= 0.6 is 15.9 Å². The molecule has 2 rings (SSSR count). The van der Waals surface area contributed by atoms with Crippen LogP contribution in [0.3, 0.4) is 0 Å². The van der Waals surface area contributed by atoms with E-state index < -0.39 is 0 Å². The summed E-state index contributed by atoms with van der Waals surface area (Å²) in [5.74, 6) is 5.00. The molecule has 0 aliphatic rings. The largest absolute Gasteiger partial charge is 0.336 e. The van der Waals surface area contributed by atoms with E-state index in [0.717, 1.165) is 0 Å². The molecule has 0 bridgehead atoms. The Morgan fingerprint density at radius 2 is 2.25 bits per heavy atom. The molecule has 0 unspecified atom stereocenters. The molecule has 7 heteroatoms. The van der Waals surface area contributed by atoms with Gasteiger partial charge in [-0.2, -0.15) is 4.98 Å². The van der Waals surface area contributed by atoms with Crippen molar-refractivity contribution in [2.24, 2.45) is 5.90 Å². The van der Waals surface area contributed by atoms with E-state index in [4.69, 9.17) is 10.4 Å². The minimum absolute atomic E-state index is 0.0173. The minimum atomic E-state index is -0.384. The Labute approximate surface area is 98.5 Å². The third-order valence-corrected chi connectivity index (χ3v) is 2.25. The number of hydrogen-bond acceptors (Lipinski definition) is 5. The van der Waals surface area contributed by atoms with Crippen LogP contribution in [0, 0.1) is 5.82 Å². The van der Waals surface area contributed by atoms with Crippen molar-refractivity contribution in [3.8, 4) is 11.4 Å². The van der Waals surface area contributed by atoms with Crippen molar-refractivity contribution in [3.05, 3.63) is 34.4 Å². The topological polar surface area (TPSA) is 74.2 Å². The van der Waals surface area contributed by atoms with Gasteiger partial charge in [-0.3, -0.25) is 4.84 Å². The molecule has 0 fully saturated rings. The van der Waals surface area contributed by atoms with Gasteiger partial charge in [-0.05, 0) is 18.2 Å². The van der Waals surface area contributed by atoms with E-state index in [1.165, 1.54) is 12.1 Å². The van der Waals surface area contributed by atoms with Crippen molar-refractivity contribution in [2.45, 2.75) is 6.61 Å². The lowest BCUT2D eigenvalue weighted by molar-refractivity contribution is 0.0996. The van der Waals surface area contributed by atoms with Gasteiger partial charge < -0.3 is 4.52 Å². The smallest absolute Gasteiger partial charge is 0.255 e. The molecular formula is C9H7BrFN3O2. The minimum Gasteiger partial charge on any atom is -0.336 e. The van der Waals surface area contributed by atoms with Crippen LogP contribution in [0.1, 0.15) is 5.89 Å². The Hall–Kier alpha value is -1.31. The molecule has 5 nitrogen and oxygen atoms in total. The first-order chi connectivity index (χ1) is 7.69.